The van der Waals surface area contributed by atoms with Gasteiger partial charge in [0.25, 0.3) is 0 Å². The van der Waals surface area contributed by atoms with Crippen LogP contribution in [-0.4, -0.2) is 9.97 Å². The molecular formula is C14H13FIN3. The SMILES string of the molecule is Cc1ccc(-c2nc(N)c(I)c(C3CC3)n2)cc1F. The second-order valence-electron chi connectivity index (χ2n) is 4.87. The van der Waals surface area contributed by atoms with Crippen molar-refractivity contribution in [2.45, 2.75) is 25.7 Å². The van der Waals surface area contributed by atoms with Crippen LogP contribution in [0.4, 0.5) is 10.2 Å². The second-order valence-corrected chi connectivity index (χ2v) is 5.95. The van der Waals surface area contributed by atoms with E-state index in [2.05, 4.69) is 32.6 Å². The second kappa shape index (κ2) is 4.70. The lowest BCUT2D eigenvalue weighted by Crippen LogP contribution is -2.04. The zero-order chi connectivity index (χ0) is 13.6. The first-order valence-electron chi connectivity index (χ1n) is 6.15. The number of nitrogen functional groups attached to an aromatic ring is 1. The van der Waals surface area contributed by atoms with Crippen LogP contribution in [0.3, 0.4) is 0 Å². The molecule has 0 atom stereocenters. The largest absolute Gasteiger partial charge is 0.383 e. The molecule has 2 aromatic rings. The first-order valence-corrected chi connectivity index (χ1v) is 7.23. The van der Waals surface area contributed by atoms with E-state index in [9.17, 15) is 4.39 Å². The molecule has 1 heterocycles. The fourth-order valence-electron chi connectivity index (χ4n) is 1.97. The third kappa shape index (κ3) is 2.43. The fourth-order valence-corrected chi connectivity index (χ4v) is 2.65. The zero-order valence-corrected chi connectivity index (χ0v) is 12.6. The van der Waals surface area contributed by atoms with Gasteiger partial charge in [0.1, 0.15) is 11.6 Å². The molecule has 0 spiro atoms. The van der Waals surface area contributed by atoms with Crippen LogP contribution in [0.2, 0.25) is 0 Å². The molecule has 5 heteroatoms. The topological polar surface area (TPSA) is 51.8 Å². The van der Waals surface area contributed by atoms with Gasteiger partial charge < -0.3 is 5.73 Å². The van der Waals surface area contributed by atoms with Crippen LogP contribution in [0.25, 0.3) is 11.4 Å². The summed E-state index contributed by atoms with van der Waals surface area (Å²) in [4.78, 5) is 8.85. The molecule has 3 rings (SSSR count). The summed E-state index contributed by atoms with van der Waals surface area (Å²) < 4.78 is 14.6. The van der Waals surface area contributed by atoms with Crippen molar-refractivity contribution >= 4 is 28.4 Å². The molecule has 0 radical (unpaired) electrons. The molecule has 3 nitrogen and oxygen atoms in total. The van der Waals surface area contributed by atoms with Crippen LogP contribution in [0.15, 0.2) is 18.2 Å². The molecule has 0 amide bonds. The highest BCUT2D eigenvalue weighted by atomic mass is 127. The summed E-state index contributed by atoms with van der Waals surface area (Å²) in [6, 6.07) is 5.03. The van der Waals surface area contributed by atoms with Crippen molar-refractivity contribution in [2.24, 2.45) is 0 Å². The maximum Gasteiger partial charge on any atom is 0.161 e. The summed E-state index contributed by atoms with van der Waals surface area (Å²) >= 11 is 2.18. The molecule has 1 aromatic carbocycles. The Balaban J connectivity index is 2.11. The summed E-state index contributed by atoms with van der Waals surface area (Å²) in [5, 5.41) is 0. The number of rotatable bonds is 2. The van der Waals surface area contributed by atoms with Crippen LogP contribution in [-0.2, 0) is 0 Å². The standard InChI is InChI=1S/C14H13FIN3/c1-7-2-3-9(6-10(7)15)14-18-12(8-4-5-8)11(16)13(17)19-14/h2-3,6,8H,4-5H2,1H3,(H2,17,18,19). The van der Waals surface area contributed by atoms with Gasteiger partial charge >= 0.3 is 0 Å². The van der Waals surface area contributed by atoms with Crippen molar-refractivity contribution in [1.82, 2.24) is 9.97 Å². The van der Waals surface area contributed by atoms with Gasteiger partial charge in [0.05, 0.1) is 9.26 Å². The first-order chi connectivity index (χ1) is 9.06. The van der Waals surface area contributed by atoms with Gasteiger partial charge in [-0.1, -0.05) is 12.1 Å². The van der Waals surface area contributed by atoms with Gasteiger partial charge in [0, 0.05) is 11.5 Å². The molecule has 1 saturated carbocycles. The van der Waals surface area contributed by atoms with E-state index < -0.39 is 0 Å². The molecule has 0 aliphatic heterocycles. The Labute approximate surface area is 124 Å². The number of aromatic nitrogens is 2. The third-order valence-electron chi connectivity index (χ3n) is 3.30. The maximum absolute atomic E-state index is 13.6. The first kappa shape index (κ1) is 12.8. The Hall–Kier alpha value is -1.24. The molecular weight excluding hydrogens is 356 g/mol. The van der Waals surface area contributed by atoms with E-state index >= 15 is 0 Å². The van der Waals surface area contributed by atoms with Crippen LogP contribution in [0.5, 0.6) is 0 Å². The van der Waals surface area contributed by atoms with Crippen molar-refractivity contribution in [1.29, 1.82) is 0 Å². The number of halogens is 2. The third-order valence-corrected chi connectivity index (χ3v) is 4.40. The average molecular weight is 369 g/mol. The van der Waals surface area contributed by atoms with Gasteiger partial charge in [-0.3, -0.25) is 0 Å². The van der Waals surface area contributed by atoms with Gasteiger partial charge in [0.15, 0.2) is 5.82 Å². The van der Waals surface area contributed by atoms with Gasteiger partial charge in [-0.25, -0.2) is 14.4 Å². The summed E-state index contributed by atoms with van der Waals surface area (Å²) in [6.07, 6.45) is 2.29. The van der Waals surface area contributed by atoms with E-state index in [1.54, 1.807) is 13.0 Å². The Bertz CT molecular complexity index is 653. The summed E-state index contributed by atoms with van der Waals surface area (Å²) in [5.74, 6) is 1.24. The van der Waals surface area contributed by atoms with E-state index in [0.717, 1.165) is 22.1 Å². The van der Waals surface area contributed by atoms with Gasteiger partial charge in [0.2, 0.25) is 0 Å². The Kier molecular flexibility index (Phi) is 3.16. The molecule has 1 aliphatic rings. The van der Waals surface area contributed by atoms with Crippen LogP contribution < -0.4 is 5.73 Å². The number of aryl methyl sites for hydroxylation is 1. The van der Waals surface area contributed by atoms with E-state index in [1.165, 1.54) is 6.07 Å². The number of hydrogen-bond acceptors (Lipinski definition) is 3. The zero-order valence-electron chi connectivity index (χ0n) is 10.5. The Morgan fingerprint density at radius 1 is 1.32 bits per heavy atom. The van der Waals surface area contributed by atoms with Crippen molar-refractivity contribution in [3.8, 4) is 11.4 Å². The smallest absolute Gasteiger partial charge is 0.161 e. The molecule has 0 saturated heterocycles. The minimum Gasteiger partial charge on any atom is -0.383 e. The van der Waals surface area contributed by atoms with E-state index in [-0.39, 0.29) is 5.82 Å². The lowest BCUT2D eigenvalue weighted by Gasteiger charge is -2.09. The lowest BCUT2D eigenvalue weighted by molar-refractivity contribution is 0.619. The summed E-state index contributed by atoms with van der Waals surface area (Å²) in [6.45, 7) is 1.73. The van der Waals surface area contributed by atoms with Gasteiger partial charge in [-0.05, 0) is 54.0 Å². The van der Waals surface area contributed by atoms with Crippen LogP contribution in [0, 0.1) is 16.3 Å². The number of nitrogens with zero attached hydrogens (tertiary/aromatic N) is 2. The fraction of sp³-hybridized carbons (Fsp3) is 0.286. The minimum absolute atomic E-state index is 0.244. The van der Waals surface area contributed by atoms with Gasteiger partial charge in [-0.2, -0.15) is 0 Å². The van der Waals surface area contributed by atoms with Crippen LogP contribution in [0.1, 0.15) is 30.0 Å². The van der Waals surface area contributed by atoms with Crippen molar-refractivity contribution < 1.29 is 4.39 Å². The summed E-state index contributed by atoms with van der Waals surface area (Å²) in [5.41, 5.74) is 8.23. The molecule has 1 aromatic heterocycles. The monoisotopic (exact) mass is 369 g/mol. The molecule has 19 heavy (non-hydrogen) atoms. The van der Waals surface area contributed by atoms with Gasteiger partial charge in [-0.15, -0.1) is 0 Å². The highest BCUT2D eigenvalue weighted by molar-refractivity contribution is 14.1. The van der Waals surface area contributed by atoms with Crippen LogP contribution >= 0.6 is 22.6 Å². The number of benzene rings is 1. The number of nitrogens with two attached hydrogens (primary N) is 1. The summed E-state index contributed by atoms with van der Waals surface area (Å²) in [7, 11) is 0. The average Bonchev–Trinajstić information content (AvgIpc) is 3.20. The normalized spacial score (nSPS) is 14.7. The quantitative estimate of drug-likeness (QED) is 0.823. The van der Waals surface area contributed by atoms with E-state index in [0.29, 0.717) is 28.7 Å². The maximum atomic E-state index is 13.6. The molecule has 1 aliphatic carbocycles. The molecule has 0 bridgehead atoms. The Morgan fingerprint density at radius 3 is 2.68 bits per heavy atom. The molecule has 0 unspecified atom stereocenters. The lowest BCUT2D eigenvalue weighted by atomic mass is 10.1. The highest BCUT2D eigenvalue weighted by Crippen LogP contribution is 2.42. The predicted molar refractivity (Wildman–Crippen MR) is 81.3 cm³/mol. The van der Waals surface area contributed by atoms with Crippen molar-refractivity contribution in [2.75, 3.05) is 5.73 Å². The number of anilines is 1. The predicted octanol–water partition coefficient (Wildman–Crippen LogP) is 3.66. The van der Waals surface area contributed by atoms with Crippen molar-refractivity contribution in [3.05, 3.63) is 38.8 Å². The van der Waals surface area contributed by atoms with E-state index in [4.69, 9.17) is 5.73 Å². The molecule has 98 valence electrons. The number of hydrogen-bond donors (Lipinski definition) is 1. The van der Waals surface area contributed by atoms with E-state index in [1.807, 2.05) is 6.07 Å². The minimum atomic E-state index is -0.244. The molecule has 2 N–H and O–H groups in total. The Morgan fingerprint density at radius 2 is 2.05 bits per heavy atom. The van der Waals surface area contributed by atoms with Crippen molar-refractivity contribution in [3.63, 3.8) is 0 Å². The highest BCUT2D eigenvalue weighted by Gasteiger charge is 2.29. The molecule has 1 fully saturated rings.